The highest BCUT2D eigenvalue weighted by Crippen LogP contribution is 2.27. The number of hydrogen-bond donors (Lipinski definition) is 0. The van der Waals surface area contributed by atoms with Gasteiger partial charge >= 0.3 is 0 Å². The molecule has 3 heterocycles. The number of morpholine rings is 1. The number of piperidine rings is 1. The second kappa shape index (κ2) is 8.15. The molecular weight excluding hydrogens is 345 g/mol. The fourth-order valence-corrected chi connectivity index (χ4v) is 3.99. The molecule has 1 amide bonds. The molecule has 142 valence electrons. The predicted octanol–water partition coefficient (Wildman–Crippen LogP) is 2.90. The van der Waals surface area contributed by atoms with Crippen molar-refractivity contribution in [1.82, 2.24) is 14.8 Å². The van der Waals surface area contributed by atoms with E-state index in [1.54, 1.807) is 36.7 Å². The van der Waals surface area contributed by atoms with Gasteiger partial charge in [0.05, 0.1) is 12.7 Å². The quantitative estimate of drug-likeness (QED) is 0.835. The molecule has 0 radical (unpaired) electrons. The highest BCUT2D eigenvalue weighted by atomic mass is 19.1. The number of rotatable bonds is 3. The third-order valence-corrected chi connectivity index (χ3v) is 5.54. The Labute approximate surface area is 158 Å². The van der Waals surface area contributed by atoms with Gasteiger partial charge in [0.25, 0.3) is 5.91 Å². The summed E-state index contributed by atoms with van der Waals surface area (Å²) < 4.78 is 19.1. The maximum atomic E-state index is 13.2. The predicted molar refractivity (Wildman–Crippen MR) is 99.8 cm³/mol. The largest absolute Gasteiger partial charge is 0.371 e. The zero-order valence-corrected chi connectivity index (χ0v) is 15.3. The SMILES string of the molecule is O=C(c1ccncc1)N1CCC(N2CCOC(c3ccc(F)cc3)C2)CC1. The van der Waals surface area contributed by atoms with Crippen molar-refractivity contribution in [2.45, 2.75) is 25.0 Å². The van der Waals surface area contributed by atoms with Crippen molar-refractivity contribution in [3.63, 3.8) is 0 Å². The number of carbonyl (C=O) groups is 1. The monoisotopic (exact) mass is 369 g/mol. The van der Waals surface area contributed by atoms with E-state index in [1.807, 2.05) is 4.90 Å². The molecule has 2 saturated heterocycles. The normalized spacial score (nSPS) is 22.0. The molecule has 1 unspecified atom stereocenters. The van der Waals surface area contributed by atoms with Crippen molar-refractivity contribution in [2.75, 3.05) is 32.8 Å². The molecule has 4 rings (SSSR count). The number of hydrogen-bond acceptors (Lipinski definition) is 4. The van der Waals surface area contributed by atoms with Crippen LogP contribution in [0.5, 0.6) is 0 Å². The molecule has 27 heavy (non-hydrogen) atoms. The average Bonchev–Trinajstić information content (AvgIpc) is 2.75. The number of amides is 1. The van der Waals surface area contributed by atoms with Gasteiger partial charge in [0.15, 0.2) is 0 Å². The van der Waals surface area contributed by atoms with Gasteiger partial charge in [0, 0.05) is 50.2 Å². The molecule has 0 N–H and O–H groups in total. The number of ether oxygens (including phenoxy) is 1. The second-order valence-corrected chi connectivity index (χ2v) is 7.17. The lowest BCUT2D eigenvalue weighted by Gasteiger charge is -2.42. The van der Waals surface area contributed by atoms with Crippen LogP contribution in [0.1, 0.15) is 34.9 Å². The fraction of sp³-hybridized carbons (Fsp3) is 0.429. The van der Waals surface area contributed by atoms with Gasteiger partial charge in [-0.15, -0.1) is 0 Å². The summed E-state index contributed by atoms with van der Waals surface area (Å²) in [6.45, 7) is 3.93. The maximum absolute atomic E-state index is 13.2. The van der Waals surface area contributed by atoms with Crippen molar-refractivity contribution in [3.8, 4) is 0 Å². The van der Waals surface area contributed by atoms with Gasteiger partial charge in [0.2, 0.25) is 0 Å². The molecule has 2 aliphatic rings. The van der Waals surface area contributed by atoms with Crippen molar-refractivity contribution in [3.05, 3.63) is 65.7 Å². The molecule has 2 fully saturated rings. The van der Waals surface area contributed by atoms with Crippen LogP contribution in [-0.4, -0.2) is 59.5 Å². The molecule has 5 nitrogen and oxygen atoms in total. The van der Waals surface area contributed by atoms with Crippen LogP contribution < -0.4 is 0 Å². The maximum Gasteiger partial charge on any atom is 0.253 e. The molecule has 0 bridgehead atoms. The van der Waals surface area contributed by atoms with E-state index in [2.05, 4.69) is 9.88 Å². The van der Waals surface area contributed by atoms with Crippen LogP contribution in [0.3, 0.4) is 0 Å². The first-order valence-corrected chi connectivity index (χ1v) is 9.51. The van der Waals surface area contributed by atoms with E-state index in [9.17, 15) is 9.18 Å². The topological polar surface area (TPSA) is 45.7 Å². The van der Waals surface area contributed by atoms with Gasteiger partial charge in [-0.25, -0.2) is 4.39 Å². The molecule has 0 saturated carbocycles. The molecule has 1 aromatic heterocycles. The second-order valence-electron chi connectivity index (χ2n) is 7.17. The Morgan fingerprint density at radius 2 is 1.74 bits per heavy atom. The lowest BCUT2D eigenvalue weighted by atomic mass is 10.00. The molecule has 0 aliphatic carbocycles. The minimum Gasteiger partial charge on any atom is -0.371 e. The highest BCUT2D eigenvalue weighted by Gasteiger charge is 2.31. The lowest BCUT2D eigenvalue weighted by molar-refractivity contribution is -0.0525. The third kappa shape index (κ3) is 4.17. The van der Waals surface area contributed by atoms with Crippen LogP contribution >= 0.6 is 0 Å². The van der Waals surface area contributed by atoms with Gasteiger partial charge in [-0.2, -0.15) is 0 Å². The standard InChI is InChI=1S/C21H24FN3O2/c22-18-3-1-16(2-4-18)20-15-25(13-14-27-20)19-7-11-24(12-8-19)21(26)17-5-9-23-10-6-17/h1-6,9-10,19-20H,7-8,11-15H2. The molecule has 2 aromatic rings. The number of benzene rings is 1. The van der Waals surface area contributed by atoms with Crippen LogP contribution in [-0.2, 0) is 4.74 Å². The smallest absolute Gasteiger partial charge is 0.253 e. The number of likely N-dealkylation sites (tertiary alicyclic amines) is 1. The summed E-state index contributed by atoms with van der Waals surface area (Å²) in [4.78, 5) is 21.0. The molecular formula is C21H24FN3O2. The van der Waals surface area contributed by atoms with Gasteiger partial charge in [-0.05, 0) is 42.7 Å². The Kier molecular flexibility index (Phi) is 5.45. The molecule has 1 atom stereocenters. The van der Waals surface area contributed by atoms with Gasteiger partial charge in [0.1, 0.15) is 5.82 Å². The van der Waals surface area contributed by atoms with Crippen LogP contribution in [0.2, 0.25) is 0 Å². The van der Waals surface area contributed by atoms with E-state index in [0.29, 0.717) is 18.2 Å². The first-order chi connectivity index (χ1) is 13.2. The summed E-state index contributed by atoms with van der Waals surface area (Å²) >= 11 is 0. The first kappa shape index (κ1) is 18.1. The van der Waals surface area contributed by atoms with Crippen molar-refractivity contribution < 1.29 is 13.9 Å². The summed E-state index contributed by atoms with van der Waals surface area (Å²) in [7, 11) is 0. The van der Waals surface area contributed by atoms with Crippen LogP contribution in [0.25, 0.3) is 0 Å². The summed E-state index contributed by atoms with van der Waals surface area (Å²) in [6, 6.07) is 10.6. The van der Waals surface area contributed by atoms with Gasteiger partial charge in [-0.1, -0.05) is 12.1 Å². The zero-order valence-electron chi connectivity index (χ0n) is 15.3. The Morgan fingerprint density at radius 3 is 2.44 bits per heavy atom. The van der Waals surface area contributed by atoms with Crippen LogP contribution in [0.4, 0.5) is 4.39 Å². The average molecular weight is 369 g/mol. The Hall–Kier alpha value is -2.31. The van der Waals surface area contributed by atoms with E-state index in [1.165, 1.54) is 12.1 Å². The van der Waals surface area contributed by atoms with E-state index in [-0.39, 0.29) is 17.8 Å². The molecule has 1 aromatic carbocycles. The Balaban J connectivity index is 1.34. The minimum absolute atomic E-state index is 0.0177. The number of carbonyl (C=O) groups excluding carboxylic acids is 1. The minimum atomic E-state index is -0.224. The number of nitrogens with zero attached hydrogens (tertiary/aromatic N) is 3. The van der Waals surface area contributed by atoms with Crippen molar-refractivity contribution in [1.29, 1.82) is 0 Å². The fourth-order valence-electron chi connectivity index (χ4n) is 3.99. The van der Waals surface area contributed by atoms with E-state index >= 15 is 0 Å². The summed E-state index contributed by atoms with van der Waals surface area (Å²) in [5, 5.41) is 0. The van der Waals surface area contributed by atoms with Crippen molar-refractivity contribution >= 4 is 5.91 Å². The Bertz CT molecular complexity index is 761. The third-order valence-electron chi connectivity index (χ3n) is 5.54. The zero-order chi connectivity index (χ0) is 18.6. The summed E-state index contributed by atoms with van der Waals surface area (Å²) in [5.74, 6) is -0.139. The van der Waals surface area contributed by atoms with E-state index < -0.39 is 0 Å². The first-order valence-electron chi connectivity index (χ1n) is 9.51. The summed E-state index contributed by atoms with van der Waals surface area (Å²) in [5.41, 5.74) is 1.72. The highest BCUT2D eigenvalue weighted by molar-refractivity contribution is 5.94. The van der Waals surface area contributed by atoms with Crippen molar-refractivity contribution in [2.24, 2.45) is 0 Å². The van der Waals surface area contributed by atoms with Gasteiger partial charge in [-0.3, -0.25) is 14.7 Å². The molecule has 0 spiro atoms. The number of pyridine rings is 1. The molecule has 2 aliphatic heterocycles. The van der Waals surface area contributed by atoms with E-state index in [4.69, 9.17) is 4.74 Å². The number of aromatic nitrogens is 1. The summed E-state index contributed by atoms with van der Waals surface area (Å²) in [6.07, 6.45) is 5.22. The van der Waals surface area contributed by atoms with Crippen LogP contribution in [0.15, 0.2) is 48.8 Å². The van der Waals surface area contributed by atoms with E-state index in [0.717, 1.165) is 44.6 Å². The lowest BCUT2D eigenvalue weighted by Crippen LogP contribution is -2.50. The molecule has 6 heteroatoms. The van der Waals surface area contributed by atoms with Gasteiger partial charge < -0.3 is 9.64 Å². The number of halogens is 1. The van der Waals surface area contributed by atoms with Crippen LogP contribution in [0, 0.1) is 5.82 Å². The Morgan fingerprint density at radius 1 is 1.04 bits per heavy atom.